The van der Waals surface area contributed by atoms with Crippen molar-refractivity contribution in [3.8, 4) is 0 Å². The Bertz CT molecular complexity index is 585. The third kappa shape index (κ3) is 4.67. The second-order valence-corrected chi connectivity index (χ2v) is 5.38. The Morgan fingerprint density at radius 2 is 1.86 bits per heavy atom. The van der Waals surface area contributed by atoms with Crippen LogP contribution < -0.4 is 5.32 Å². The molecule has 0 atom stereocenters. The number of hydrogen-bond acceptors (Lipinski definition) is 3. The van der Waals surface area contributed by atoms with E-state index in [-0.39, 0.29) is 5.82 Å². The molecule has 0 unspecified atom stereocenters. The Hall–Kier alpha value is -1.69. The number of benzene rings is 1. The van der Waals surface area contributed by atoms with Crippen LogP contribution in [0.1, 0.15) is 18.1 Å². The minimum absolute atomic E-state index is 0.253. The summed E-state index contributed by atoms with van der Waals surface area (Å²) < 4.78 is 38.7. The van der Waals surface area contributed by atoms with E-state index in [4.69, 9.17) is 0 Å². The van der Waals surface area contributed by atoms with Crippen LogP contribution in [0, 0.1) is 0 Å². The van der Waals surface area contributed by atoms with Crippen molar-refractivity contribution in [2.24, 2.45) is 0 Å². The van der Waals surface area contributed by atoms with Crippen LogP contribution >= 0.6 is 11.8 Å². The first-order valence-corrected chi connectivity index (χ1v) is 7.47. The summed E-state index contributed by atoms with van der Waals surface area (Å²) in [5.74, 6) is 0.837. The van der Waals surface area contributed by atoms with Crippen LogP contribution in [0.5, 0.6) is 0 Å². The SMILES string of the molecule is CCNc1cc(C(F)(F)F)cc(SCc2ccccc2)n1. The molecular weight excluding hydrogens is 297 g/mol. The van der Waals surface area contributed by atoms with Gasteiger partial charge in [-0.3, -0.25) is 0 Å². The highest BCUT2D eigenvalue weighted by Gasteiger charge is 2.31. The fraction of sp³-hybridized carbons (Fsp3) is 0.267. The molecule has 0 saturated carbocycles. The molecule has 0 radical (unpaired) electrons. The molecule has 0 fully saturated rings. The van der Waals surface area contributed by atoms with Gasteiger partial charge >= 0.3 is 6.18 Å². The van der Waals surface area contributed by atoms with Gasteiger partial charge in [-0.25, -0.2) is 4.98 Å². The highest BCUT2D eigenvalue weighted by atomic mass is 32.2. The lowest BCUT2D eigenvalue weighted by Crippen LogP contribution is -2.08. The second kappa shape index (κ2) is 6.85. The first kappa shape index (κ1) is 15.7. The number of thioether (sulfide) groups is 1. The minimum atomic E-state index is -4.37. The number of halogens is 3. The maximum Gasteiger partial charge on any atom is 0.416 e. The molecule has 1 heterocycles. The van der Waals surface area contributed by atoms with Crippen LogP contribution in [0.3, 0.4) is 0 Å². The van der Waals surface area contributed by atoms with E-state index in [2.05, 4.69) is 10.3 Å². The summed E-state index contributed by atoms with van der Waals surface area (Å²) in [6, 6.07) is 11.7. The monoisotopic (exact) mass is 312 g/mol. The average molecular weight is 312 g/mol. The van der Waals surface area contributed by atoms with Crippen molar-refractivity contribution < 1.29 is 13.2 Å². The van der Waals surface area contributed by atoms with Gasteiger partial charge in [0.1, 0.15) is 5.82 Å². The van der Waals surface area contributed by atoms with Crippen LogP contribution in [0.2, 0.25) is 0 Å². The minimum Gasteiger partial charge on any atom is -0.370 e. The van der Waals surface area contributed by atoms with Crippen LogP contribution in [0.15, 0.2) is 47.5 Å². The van der Waals surface area contributed by atoms with Gasteiger partial charge in [0.05, 0.1) is 10.6 Å². The molecule has 0 bridgehead atoms. The van der Waals surface area contributed by atoms with Gasteiger partial charge in [-0.2, -0.15) is 13.2 Å². The smallest absolute Gasteiger partial charge is 0.370 e. The first-order valence-electron chi connectivity index (χ1n) is 6.49. The van der Waals surface area contributed by atoms with Gasteiger partial charge in [0.2, 0.25) is 0 Å². The van der Waals surface area contributed by atoms with Crippen molar-refractivity contribution in [2.45, 2.75) is 23.9 Å². The molecule has 0 spiro atoms. The molecule has 0 aliphatic heterocycles. The summed E-state index contributed by atoms with van der Waals surface area (Å²) in [5.41, 5.74) is 0.371. The quantitative estimate of drug-likeness (QED) is 0.801. The Labute approximate surface area is 125 Å². The van der Waals surface area contributed by atoms with Crippen LogP contribution in [0.4, 0.5) is 19.0 Å². The molecular formula is C15H15F3N2S. The number of nitrogens with zero attached hydrogens (tertiary/aromatic N) is 1. The normalized spacial score (nSPS) is 11.4. The molecule has 0 amide bonds. The van der Waals surface area contributed by atoms with Gasteiger partial charge in [0.25, 0.3) is 0 Å². The third-order valence-corrected chi connectivity index (χ3v) is 3.70. The summed E-state index contributed by atoms with van der Waals surface area (Å²) in [6.45, 7) is 2.34. The van der Waals surface area contributed by atoms with Crippen molar-refractivity contribution in [1.29, 1.82) is 0 Å². The number of hydrogen-bond donors (Lipinski definition) is 1. The summed E-state index contributed by atoms with van der Waals surface area (Å²) in [4.78, 5) is 4.20. The maximum absolute atomic E-state index is 12.9. The van der Waals surface area contributed by atoms with Crippen molar-refractivity contribution in [1.82, 2.24) is 4.98 Å². The molecule has 1 N–H and O–H groups in total. The van der Waals surface area contributed by atoms with E-state index in [0.29, 0.717) is 17.3 Å². The van der Waals surface area contributed by atoms with Gasteiger partial charge < -0.3 is 5.32 Å². The summed E-state index contributed by atoms with van der Waals surface area (Å²) in [6.07, 6.45) is -4.37. The molecule has 0 saturated heterocycles. The zero-order valence-electron chi connectivity index (χ0n) is 11.4. The maximum atomic E-state index is 12.9. The largest absolute Gasteiger partial charge is 0.416 e. The van der Waals surface area contributed by atoms with Gasteiger partial charge in [0, 0.05) is 12.3 Å². The van der Waals surface area contributed by atoms with Gasteiger partial charge in [-0.05, 0) is 24.6 Å². The van der Waals surface area contributed by atoms with E-state index in [1.54, 1.807) is 0 Å². The number of alkyl halides is 3. The van der Waals surface area contributed by atoms with Crippen LogP contribution in [-0.2, 0) is 11.9 Å². The number of rotatable bonds is 5. The van der Waals surface area contributed by atoms with E-state index in [9.17, 15) is 13.2 Å². The van der Waals surface area contributed by atoms with Crippen molar-refractivity contribution in [3.05, 3.63) is 53.6 Å². The number of anilines is 1. The first-order chi connectivity index (χ1) is 9.99. The molecule has 1 aromatic heterocycles. The van der Waals surface area contributed by atoms with E-state index in [0.717, 1.165) is 17.7 Å². The van der Waals surface area contributed by atoms with Crippen molar-refractivity contribution in [3.63, 3.8) is 0 Å². The Morgan fingerprint density at radius 3 is 2.48 bits per heavy atom. The molecule has 6 heteroatoms. The van der Waals surface area contributed by atoms with Crippen LogP contribution in [0.25, 0.3) is 0 Å². The molecule has 21 heavy (non-hydrogen) atoms. The van der Waals surface area contributed by atoms with E-state index < -0.39 is 11.7 Å². The molecule has 2 nitrogen and oxygen atoms in total. The summed E-state index contributed by atoms with van der Waals surface area (Å²) in [5, 5.41) is 3.20. The van der Waals surface area contributed by atoms with Crippen molar-refractivity contribution >= 4 is 17.6 Å². The molecule has 0 aliphatic carbocycles. The van der Waals surface area contributed by atoms with Gasteiger partial charge in [0.15, 0.2) is 0 Å². The van der Waals surface area contributed by atoms with E-state index in [1.165, 1.54) is 11.8 Å². The molecule has 112 valence electrons. The van der Waals surface area contributed by atoms with Gasteiger partial charge in [-0.1, -0.05) is 30.3 Å². The molecule has 1 aromatic carbocycles. The fourth-order valence-corrected chi connectivity index (χ4v) is 2.63. The topological polar surface area (TPSA) is 24.9 Å². The fourth-order valence-electron chi connectivity index (χ4n) is 1.75. The predicted octanol–water partition coefficient (Wildman–Crippen LogP) is 4.82. The highest BCUT2D eigenvalue weighted by Crippen LogP contribution is 2.33. The predicted molar refractivity (Wildman–Crippen MR) is 79.4 cm³/mol. The number of pyridine rings is 1. The molecule has 2 aromatic rings. The standard InChI is InChI=1S/C15H15F3N2S/c1-2-19-13-8-12(15(16,17)18)9-14(20-13)21-10-11-6-4-3-5-7-11/h3-9H,2,10H2,1H3,(H,19,20). The van der Waals surface area contributed by atoms with E-state index >= 15 is 0 Å². The number of aromatic nitrogens is 1. The van der Waals surface area contributed by atoms with E-state index in [1.807, 2.05) is 37.3 Å². The highest BCUT2D eigenvalue weighted by molar-refractivity contribution is 7.98. The zero-order chi connectivity index (χ0) is 15.3. The Balaban J connectivity index is 2.19. The molecule has 0 aliphatic rings. The lowest BCUT2D eigenvalue weighted by Gasteiger charge is -2.12. The van der Waals surface area contributed by atoms with Crippen LogP contribution in [-0.4, -0.2) is 11.5 Å². The average Bonchev–Trinajstić information content (AvgIpc) is 2.45. The lowest BCUT2D eigenvalue weighted by atomic mass is 10.2. The third-order valence-electron chi connectivity index (χ3n) is 2.72. The molecule has 2 rings (SSSR count). The summed E-state index contributed by atoms with van der Waals surface area (Å²) >= 11 is 1.29. The number of nitrogens with one attached hydrogen (secondary N) is 1. The van der Waals surface area contributed by atoms with Gasteiger partial charge in [-0.15, -0.1) is 11.8 Å². The Kier molecular flexibility index (Phi) is 5.12. The summed E-state index contributed by atoms with van der Waals surface area (Å²) in [7, 11) is 0. The Morgan fingerprint density at radius 1 is 1.14 bits per heavy atom. The van der Waals surface area contributed by atoms with Crippen molar-refractivity contribution in [2.75, 3.05) is 11.9 Å². The zero-order valence-corrected chi connectivity index (χ0v) is 12.3. The second-order valence-electron chi connectivity index (χ2n) is 4.38. The lowest BCUT2D eigenvalue weighted by molar-refractivity contribution is -0.137.